The summed E-state index contributed by atoms with van der Waals surface area (Å²) >= 11 is 1.82. The number of benzene rings is 2. The molecule has 1 N–H and O–H groups in total. The average molecular weight is 377 g/mol. The second-order valence-corrected chi connectivity index (χ2v) is 7.64. The van der Waals surface area contributed by atoms with Crippen LogP contribution in [0.15, 0.2) is 70.0 Å². The number of nitrogens with one attached hydrogen (secondary N) is 1. The number of furan rings is 1. The lowest BCUT2D eigenvalue weighted by Gasteiger charge is -2.25. The lowest BCUT2D eigenvalue weighted by molar-refractivity contribution is 0.0907. The van der Waals surface area contributed by atoms with Crippen LogP contribution in [0, 0.1) is 0 Å². The Balaban J connectivity index is 1.50. The summed E-state index contributed by atoms with van der Waals surface area (Å²) in [7, 11) is 0. The first kappa shape index (κ1) is 17.6. The number of carbonyl (C=O) groups excluding carboxylic acids is 2. The molecule has 2 heterocycles. The minimum absolute atomic E-state index is 0.00153. The quantitative estimate of drug-likeness (QED) is 0.642. The molecular weight excluding hydrogens is 358 g/mol. The molecule has 1 amide bonds. The van der Waals surface area contributed by atoms with E-state index < -0.39 is 0 Å². The molecule has 2 aromatic carbocycles. The SMILES string of the molecule is CC(=O)c1ccc(-c2ccc(C(=O)N[C@H]3CCSc4ccccc43)o2)cc1. The minimum atomic E-state index is -0.215. The van der Waals surface area contributed by atoms with Gasteiger partial charge in [0.05, 0.1) is 6.04 Å². The second kappa shape index (κ2) is 7.45. The van der Waals surface area contributed by atoms with Crippen molar-refractivity contribution in [3.63, 3.8) is 0 Å². The van der Waals surface area contributed by atoms with Crippen LogP contribution < -0.4 is 5.32 Å². The van der Waals surface area contributed by atoms with Crippen molar-refractivity contribution in [1.29, 1.82) is 0 Å². The number of fused-ring (bicyclic) bond motifs is 1. The number of rotatable bonds is 4. The highest BCUT2D eigenvalue weighted by Gasteiger charge is 2.23. The first-order valence-electron chi connectivity index (χ1n) is 8.85. The van der Waals surface area contributed by atoms with Crippen LogP contribution in [0.1, 0.15) is 45.9 Å². The van der Waals surface area contributed by atoms with Crippen molar-refractivity contribution in [2.24, 2.45) is 0 Å². The summed E-state index contributed by atoms with van der Waals surface area (Å²) in [5.41, 5.74) is 2.64. The molecule has 0 radical (unpaired) electrons. The van der Waals surface area contributed by atoms with Crippen LogP contribution in [0.25, 0.3) is 11.3 Å². The fourth-order valence-electron chi connectivity index (χ4n) is 3.21. The van der Waals surface area contributed by atoms with Gasteiger partial charge in [0.2, 0.25) is 0 Å². The number of hydrogen-bond acceptors (Lipinski definition) is 4. The molecule has 4 rings (SSSR count). The molecule has 0 saturated carbocycles. The van der Waals surface area contributed by atoms with Gasteiger partial charge in [0.25, 0.3) is 5.91 Å². The largest absolute Gasteiger partial charge is 0.451 e. The van der Waals surface area contributed by atoms with Crippen molar-refractivity contribution in [3.8, 4) is 11.3 Å². The van der Waals surface area contributed by atoms with Crippen LogP contribution in [0.5, 0.6) is 0 Å². The third kappa shape index (κ3) is 3.69. The van der Waals surface area contributed by atoms with Crippen molar-refractivity contribution in [3.05, 3.63) is 77.6 Å². The van der Waals surface area contributed by atoms with Crippen LogP contribution in [0.3, 0.4) is 0 Å². The Morgan fingerprint density at radius 1 is 1.04 bits per heavy atom. The highest BCUT2D eigenvalue weighted by molar-refractivity contribution is 7.99. The molecular formula is C22H19NO3S. The van der Waals surface area contributed by atoms with E-state index in [1.807, 2.05) is 36.0 Å². The Bertz CT molecular complexity index is 991. The standard InChI is InChI=1S/C22H19NO3S/c1-14(24)15-6-8-16(9-7-15)19-10-11-20(26-19)22(25)23-18-12-13-27-21-5-3-2-4-17(18)21/h2-11,18H,12-13H2,1H3,(H,23,25)/t18-/m0/s1. The lowest BCUT2D eigenvalue weighted by Crippen LogP contribution is -2.30. The van der Waals surface area contributed by atoms with E-state index in [1.165, 1.54) is 11.8 Å². The van der Waals surface area contributed by atoms with E-state index in [1.54, 1.807) is 24.3 Å². The van der Waals surface area contributed by atoms with E-state index in [9.17, 15) is 9.59 Å². The van der Waals surface area contributed by atoms with Gasteiger partial charge in [-0.15, -0.1) is 11.8 Å². The van der Waals surface area contributed by atoms with Gasteiger partial charge in [-0.3, -0.25) is 9.59 Å². The summed E-state index contributed by atoms with van der Waals surface area (Å²) in [6, 6.07) is 18.8. The monoisotopic (exact) mass is 377 g/mol. The van der Waals surface area contributed by atoms with Crippen LogP contribution in [-0.4, -0.2) is 17.4 Å². The predicted octanol–water partition coefficient (Wildman–Crippen LogP) is 5.12. The Morgan fingerprint density at radius 2 is 1.81 bits per heavy atom. The van der Waals surface area contributed by atoms with Gasteiger partial charge < -0.3 is 9.73 Å². The molecule has 0 unspecified atom stereocenters. The maximum Gasteiger partial charge on any atom is 0.287 e. The highest BCUT2D eigenvalue weighted by atomic mass is 32.2. The summed E-state index contributed by atoms with van der Waals surface area (Å²) in [6.07, 6.45) is 0.896. The van der Waals surface area contributed by atoms with Crippen LogP contribution in [0.2, 0.25) is 0 Å². The molecule has 0 saturated heterocycles. The molecule has 0 fully saturated rings. The van der Waals surface area contributed by atoms with E-state index in [0.29, 0.717) is 11.3 Å². The normalized spacial score (nSPS) is 15.8. The Hall–Kier alpha value is -2.79. The number of amides is 1. The van der Waals surface area contributed by atoms with E-state index in [2.05, 4.69) is 17.4 Å². The average Bonchev–Trinajstić information content (AvgIpc) is 3.19. The van der Waals surface area contributed by atoms with Crippen LogP contribution in [0.4, 0.5) is 0 Å². The topological polar surface area (TPSA) is 59.3 Å². The zero-order valence-electron chi connectivity index (χ0n) is 14.9. The molecule has 4 nitrogen and oxygen atoms in total. The van der Waals surface area contributed by atoms with E-state index in [-0.39, 0.29) is 23.5 Å². The van der Waals surface area contributed by atoms with Gasteiger partial charge in [-0.25, -0.2) is 0 Å². The number of hydrogen-bond donors (Lipinski definition) is 1. The summed E-state index contributed by atoms with van der Waals surface area (Å²) in [4.78, 5) is 25.3. The van der Waals surface area contributed by atoms with E-state index >= 15 is 0 Å². The van der Waals surface area contributed by atoms with Gasteiger partial charge >= 0.3 is 0 Å². The smallest absolute Gasteiger partial charge is 0.287 e. The molecule has 0 spiro atoms. The Labute approximate surface area is 162 Å². The molecule has 136 valence electrons. The number of Topliss-reactive ketones (excluding diaryl/α,β-unsaturated/α-hetero) is 1. The van der Waals surface area contributed by atoms with Gasteiger partial charge in [0.1, 0.15) is 5.76 Å². The maximum absolute atomic E-state index is 12.7. The van der Waals surface area contributed by atoms with Crippen molar-refractivity contribution in [1.82, 2.24) is 5.32 Å². The Kier molecular flexibility index (Phi) is 4.86. The number of thioether (sulfide) groups is 1. The van der Waals surface area contributed by atoms with Crippen molar-refractivity contribution < 1.29 is 14.0 Å². The molecule has 1 aliphatic heterocycles. The molecule has 1 aliphatic rings. The summed E-state index contributed by atoms with van der Waals surface area (Å²) in [5, 5.41) is 3.09. The number of carbonyl (C=O) groups is 2. The first-order chi connectivity index (χ1) is 13.1. The first-order valence-corrected chi connectivity index (χ1v) is 9.84. The summed E-state index contributed by atoms with van der Waals surface area (Å²) in [5.74, 6) is 1.68. The predicted molar refractivity (Wildman–Crippen MR) is 106 cm³/mol. The van der Waals surface area contributed by atoms with Gasteiger partial charge in [0.15, 0.2) is 11.5 Å². The number of ketones is 1. The molecule has 0 bridgehead atoms. The van der Waals surface area contributed by atoms with E-state index in [0.717, 1.165) is 23.3 Å². The van der Waals surface area contributed by atoms with Gasteiger partial charge in [-0.05, 0) is 37.1 Å². The molecule has 27 heavy (non-hydrogen) atoms. The van der Waals surface area contributed by atoms with Gasteiger partial charge in [-0.2, -0.15) is 0 Å². The van der Waals surface area contributed by atoms with Crippen LogP contribution in [-0.2, 0) is 0 Å². The third-order valence-electron chi connectivity index (χ3n) is 4.67. The zero-order chi connectivity index (χ0) is 18.8. The zero-order valence-corrected chi connectivity index (χ0v) is 15.7. The van der Waals surface area contributed by atoms with Crippen molar-refractivity contribution in [2.75, 3.05) is 5.75 Å². The Morgan fingerprint density at radius 3 is 2.59 bits per heavy atom. The van der Waals surface area contributed by atoms with E-state index in [4.69, 9.17) is 4.42 Å². The summed E-state index contributed by atoms with van der Waals surface area (Å²) < 4.78 is 5.76. The molecule has 1 atom stereocenters. The fourth-order valence-corrected chi connectivity index (χ4v) is 4.33. The van der Waals surface area contributed by atoms with Crippen molar-refractivity contribution in [2.45, 2.75) is 24.3 Å². The minimum Gasteiger partial charge on any atom is -0.451 e. The highest BCUT2D eigenvalue weighted by Crippen LogP contribution is 2.36. The fraction of sp³-hybridized carbons (Fsp3) is 0.182. The molecule has 1 aromatic heterocycles. The summed E-state index contributed by atoms with van der Waals surface area (Å²) in [6.45, 7) is 1.53. The molecule has 3 aromatic rings. The third-order valence-corrected chi connectivity index (χ3v) is 5.79. The second-order valence-electron chi connectivity index (χ2n) is 6.50. The lowest BCUT2D eigenvalue weighted by atomic mass is 10.0. The molecule has 5 heteroatoms. The van der Waals surface area contributed by atoms with Gasteiger partial charge in [-0.1, -0.05) is 42.5 Å². The maximum atomic E-state index is 12.7. The van der Waals surface area contributed by atoms with Crippen LogP contribution >= 0.6 is 11.8 Å². The van der Waals surface area contributed by atoms with Gasteiger partial charge in [0, 0.05) is 21.8 Å². The van der Waals surface area contributed by atoms with Crippen molar-refractivity contribution >= 4 is 23.5 Å². The molecule has 0 aliphatic carbocycles.